The van der Waals surface area contributed by atoms with Crippen LogP contribution in [0.1, 0.15) is 38.5 Å². The van der Waals surface area contributed by atoms with Gasteiger partial charge in [0.15, 0.2) is 0 Å². The molecule has 1 aromatic carbocycles. The third-order valence-corrected chi connectivity index (χ3v) is 5.40. The number of halogens is 2. The molecule has 2 aliphatic rings. The molecule has 140 valence electrons. The molecule has 0 atom stereocenters. The van der Waals surface area contributed by atoms with E-state index in [0.717, 1.165) is 12.8 Å². The number of rotatable bonds is 5. The summed E-state index contributed by atoms with van der Waals surface area (Å²) in [7, 11) is 0. The Morgan fingerprint density at radius 2 is 2.00 bits per heavy atom. The van der Waals surface area contributed by atoms with Crippen molar-refractivity contribution in [3.05, 3.63) is 23.2 Å². The summed E-state index contributed by atoms with van der Waals surface area (Å²) in [4.78, 5) is 12.7. The number of hydrogen-bond acceptors (Lipinski definition) is 4. The Balaban J connectivity index is 0.00000225. The number of ether oxygens (including phenoxy) is 2. The number of anilines is 1. The van der Waals surface area contributed by atoms with Gasteiger partial charge in [0.1, 0.15) is 5.75 Å². The second-order valence-electron chi connectivity index (χ2n) is 6.72. The van der Waals surface area contributed by atoms with Crippen molar-refractivity contribution in [2.75, 3.05) is 25.1 Å². The fraction of sp³-hybridized carbons (Fsp3) is 0.611. The molecule has 7 heteroatoms. The van der Waals surface area contributed by atoms with Gasteiger partial charge in [-0.2, -0.15) is 0 Å². The highest BCUT2D eigenvalue weighted by Gasteiger charge is 2.38. The van der Waals surface area contributed by atoms with Crippen molar-refractivity contribution in [3.8, 4) is 5.75 Å². The summed E-state index contributed by atoms with van der Waals surface area (Å²) < 4.78 is 11.3. The first-order valence-corrected chi connectivity index (χ1v) is 9.06. The van der Waals surface area contributed by atoms with Crippen LogP contribution in [0.2, 0.25) is 5.02 Å². The summed E-state index contributed by atoms with van der Waals surface area (Å²) in [5, 5.41) is 3.47. The summed E-state index contributed by atoms with van der Waals surface area (Å²) in [6.45, 7) is 1.46. The van der Waals surface area contributed by atoms with E-state index in [0.29, 0.717) is 49.1 Å². The van der Waals surface area contributed by atoms with Gasteiger partial charge in [0.05, 0.1) is 16.5 Å². The predicted octanol–water partition coefficient (Wildman–Crippen LogP) is 3.78. The fourth-order valence-electron chi connectivity index (χ4n) is 3.41. The first-order valence-electron chi connectivity index (χ1n) is 8.68. The Hall–Kier alpha value is -1.01. The van der Waals surface area contributed by atoms with Gasteiger partial charge in [-0.15, -0.1) is 12.4 Å². The maximum absolute atomic E-state index is 12.7. The third-order valence-electron chi connectivity index (χ3n) is 5.11. The molecule has 25 heavy (non-hydrogen) atoms. The number of nitrogens with two attached hydrogens (primary N) is 1. The van der Waals surface area contributed by atoms with Gasteiger partial charge in [-0.05, 0) is 56.7 Å². The van der Waals surface area contributed by atoms with Crippen molar-refractivity contribution in [2.24, 2.45) is 11.1 Å². The molecule has 0 unspecified atom stereocenters. The molecule has 5 nitrogen and oxygen atoms in total. The number of carbonyl (C=O) groups is 1. The first-order chi connectivity index (χ1) is 11.6. The van der Waals surface area contributed by atoms with Crippen molar-refractivity contribution in [1.82, 2.24) is 0 Å². The highest BCUT2D eigenvalue weighted by atomic mass is 35.5. The molecule has 0 bridgehead atoms. The minimum Gasteiger partial charge on any atom is -0.489 e. The first kappa shape index (κ1) is 20.3. The molecule has 1 saturated heterocycles. The van der Waals surface area contributed by atoms with Gasteiger partial charge in [-0.1, -0.05) is 11.6 Å². The van der Waals surface area contributed by atoms with Crippen molar-refractivity contribution in [1.29, 1.82) is 0 Å². The molecular weight excluding hydrogens is 363 g/mol. The third kappa shape index (κ3) is 4.79. The number of benzene rings is 1. The monoisotopic (exact) mass is 388 g/mol. The van der Waals surface area contributed by atoms with Crippen LogP contribution in [-0.2, 0) is 9.53 Å². The Kier molecular flexibility index (Phi) is 7.37. The smallest absolute Gasteiger partial charge is 0.232 e. The van der Waals surface area contributed by atoms with E-state index < -0.39 is 5.41 Å². The average Bonchev–Trinajstić information content (AvgIpc) is 3.11. The largest absolute Gasteiger partial charge is 0.489 e. The number of hydrogen-bond donors (Lipinski definition) is 2. The molecule has 1 aromatic rings. The highest BCUT2D eigenvalue weighted by molar-refractivity contribution is 6.32. The maximum atomic E-state index is 12.7. The summed E-state index contributed by atoms with van der Waals surface area (Å²) in [5.41, 5.74) is 5.99. The Bertz CT molecular complexity index is 586. The molecule has 1 heterocycles. The molecule has 1 saturated carbocycles. The van der Waals surface area contributed by atoms with Crippen LogP contribution in [0.15, 0.2) is 18.2 Å². The molecule has 0 aromatic heterocycles. The molecule has 0 radical (unpaired) electrons. The second-order valence-corrected chi connectivity index (χ2v) is 7.13. The Labute approximate surface area is 160 Å². The van der Waals surface area contributed by atoms with Crippen LogP contribution in [0, 0.1) is 5.41 Å². The van der Waals surface area contributed by atoms with Crippen LogP contribution < -0.4 is 15.8 Å². The summed E-state index contributed by atoms with van der Waals surface area (Å²) in [6.07, 6.45) is 6.12. The lowest BCUT2D eigenvalue weighted by molar-refractivity contribution is -0.130. The highest BCUT2D eigenvalue weighted by Crippen LogP contribution is 2.34. The van der Waals surface area contributed by atoms with E-state index in [1.54, 1.807) is 6.07 Å². The van der Waals surface area contributed by atoms with Crippen molar-refractivity contribution in [3.63, 3.8) is 0 Å². The van der Waals surface area contributed by atoms with E-state index >= 15 is 0 Å². The predicted molar refractivity (Wildman–Crippen MR) is 102 cm³/mol. The van der Waals surface area contributed by atoms with Crippen LogP contribution in [0.4, 0.5) is 5.69 Å². The number of nitrogens with one attached hydrogen (secondary N) is 1. The van der Waals surface area contributed by atoms with Crippen molar-refractivity contribution >= 4 is 35.6 Å². The van der Waals surface area contributed by atoms with E-state index in [9.17, 15) is 4.79 Å². The molecule has 1 amide bonds. The zero-order chi connectivity index (χ0) is 17.0. The lowest BCUT2D eigenvalue weighted by atomic mass is 9.79. The van der Waals surface area contributed by atoms with E-state index in [1.807, 2.05) is 12.1 Å². The van der Waals surface area contributed by atoms with Gasteiger partial charge in [-0.25, -0.2) is 0 Å². The van der Waals surface area contributed by atoms with Gasteiger partial charge in [0.25, 0.3) is 0 Å². The molecule has 3 N–H and O–H groups in total. The maximum Gasteiger partial charge on any atom is 0.232 e. The van der Waals surface area contributed by atoms with Crippen molar-refractivity contribution < 1.29 is 14.3 Å². The molecule has 1 aliphatic carbocycles. The minimum atomic E-state index is -0.552. The zero-order valence-corrected chi connectivity index (χ0v) is 15.8. The normalized spacial score (nSPS) is 19.9. The molecule has 1 aliphatic heterocycles. The number of amides is 1. The lowest BCUT2D eigenvalue weighted by Crippen LogP contribution is -2.46. The lowest BCUT2D eigenvalue weighted by Gasteiger charge is -2.34. The Morgan fingerprint density at radius 3 is 2.60 bits per heavy atom. The van der Waals surface area contributed by atoms with E-state index in [2.05, 4.69) is 5.32 Å². The van der Waals surface area contributed by atoms with Crippen LogP contribution in [0.5, 0.6) is 5.75 Å². The summed E-state index contributed by atoms with van der Waals surface area (Å²) >= 11 is 6.32. The quantitative estimate of drug-likeness (QED) is 0.804. The van der Waals surface area contributed by atoms with E-state index in [-0.39, 0.29) is 24.4 Å². The molecule has 2 fully saturated rings. The minimum absolute atomic E-state index is 0. The standard InChI is InChI=1S/C18H25ClN2O3.ClH/c19-15-11-13(5-6-16(15)24-14-3-1-2-4-14)21-17(22)18(12-20)7-9-23-10-8-18;/h5-6,11,14H,1-4,7-10,12,20H2,(H,21,22);1H. The fourth-order valence-corrected chi connectivity index (χ4v) is 3.63. The summed E-state index contributed by atoms with van der Waals surface area (Å²) in [6, 6.07) is 5.40. The van der Waals surface area contributed by atoms with Gasteiger partial charge in [0.2, 0.25) is 5.91 Å². The summed E-state index contributed by atoms with van der Waals surface area (Å²) in [5.74, 6) is 0.620. The van der Waals surface area contributed by atoms with Gasteiger partial charge < -0.3 is 20.5 Å². The van der Waals surface area contributed by atoms with Gasteiger partial charge in [0, 0.05) is 25.4 Å². The molecule has 0 spiro atoms. The SMILES string of the molecule is Cl.NCC1(C(=O)Nc2ccc(OC3CCCC3)c(Cl)c2)CCOCC1. The molecular formula is C18H26Cl2N2O3. The van der Waals surface area contributed by atoms with Crippen LogP contribution >= 0.6 is 24.0 Å². The van der Waals surface area contributed by atoms with Crippen LogP contribution in [0.3, 0.4) is 0 Å². The Morgan fingerprint density at radius 1 is 1.32 bits per heavy atom. The van der Waals surface area contributed by atoms with E-state index in [1.165, 1.54) is 12.8 Å². The number of carbonyl (C=O) groups excluding carboxylic acids is 1. The topological polar surface area (TPSA) is 73.6 Å². The van der Waals surface area contributed by atoms with Crippen LogP contribution in [-0.4, -0.2) is 31.8 Å². The van der Waals surface area contributed by atoms with Crippen LogP contribution in [0.25, 0.3) is 0 Å². The van der Waals surface area contributed by atoms with Gasteiger partial charge >= 0.3 is 0 Å². The zero-order valence-electron chi connectivity index (χ0n) is 14.3. The second kappa shape index (κ2) is 9.08. The van der Waals surface area contributed by atoms with Crippen molar-refractivity contribution in [2.45, 2.75) is 44.6 Å². The van der Waals surface area contributed by atoms with Gasteiger partial charge in [-0.3, -0.25) is 4.79 Å². The molecule has 3 rings (SSSR count). The van der Waals surface area contributed by atoms with E-state index in [4.69, 9.17) is 26.8 Å². The average molecular weight is 389 g/mol.